The normalized spacial score (nSPS) is 26.0. The van der Waals surface area contributed by atoms with E-state index in [1.807, 2.05) is 39.0 Å². The van der Waals surface area contributed by atoms with Gasteiger partial charge in [0.25, 0.3) is 0 Å². The number of esters is 1. The topological polar surface area (TPSA) is 67.9 Å². The number of piperidine rings is 2. The maximum Gasteiger partial charge on any atom is 0.410 e. The molecule has 6 nitrogen and oxygen atoms in total. The maximum atomic E-state index is 12.5. The van der Waals surface area contributed by atoms with Gasteiger partial charge in [0.1, 0.15) is 11.2 Å². The third-order valence-electron chi connectivity index (χ3n) is 4.47. The van der Waals surface area contributed by atoms with E-state index >= 15 is 0 Å². The smallest absolute Gasteiger partial charge is 0.410 e. The molecule has 2 aliphatic rings. The lowest BCUT2D eigenvalue weighted by molar-refractivity contribution is -0.0868. The lowest BCUT2D eigenvalue weighted by atomic mass is 9.82. The van der Waals surface area contributed by atoms with Crippen LogP contribution in [0.25, 0.3) is 0 Å². The number of benzene rings is 1. The minimum absolute atomic E-state index is 0.249. The van der Waals surface area contributed by atoms with Crippen LogP contribution in [0.15, 0.2) is 30.3 Å². The van der Waals surface area contributed by atoms with E-state index in [0.717, 1.165) is 13.0 Å². The van der Waals surface area contributed by atoms with Crippen LogP contribution >= 0.6 is 0 Å². The van der Waals surface area contributed by atoms with Crippen molar-refractivity contribution >= 4 is 12.1 Å². The Morgan fingerprint density at radius 3 is 2.64 bits per heavy atom. The Hall–Kier alpha value is -2.08. The first-order valence-corrected chi connectivity index (χ1v) is 8.73. The minimum Gasteiger partial charge on any atom is -0.452 e. The molecule has 2 fully saturated rings. The van der Waals surface area contributed by atoms with Crippen LogP contribution in [0.4, 0.5) is 4.79 Å². The fourth-order valence-corrected chi connectivity index (χ4v) is 3.55. The molecular weight excluding hydrogens is 320 g/mol. The molecule has 2 saturated heterocycles. The highest BCUT2D eigenvalue weighted by Gasteiger charge is 2.47. The number of amides is 1. The second-order valence-electron chi connectivity index (χ2n) is 8.00. The fraction of sp³-hybridized carbons (Fsp3) is 0.579. The van der Waals surface area contributed by atoms with Crippen molar-refractivity contribution in [1.29, 1.82) is 0 Å². The Balaban J connectivity index is 1.74. The number of ether oxygens (including phenoxy) is 2. The van der Waals surface area contributed by atoms with Crippen molar-refractivity contribution in [2.45, 2.75) is 38.4 Å². The first-order chi connectivity index (χ1) is 11.8. The van der Waals surface area contributed by atoms with E-state index in [9.17, 15) is 9.59 Å². The lowest BCUT2D eigenvalue weighted by Gasteiger charge is -2.48. The highest BCUT2D eigenvalue weighted by atomic mass is 16.6. The first kappa shape index (κ1) is 17.7. The zero-order chi connectivity index (χ0) is 18.1. The van der Waals surface area contributed by atoms with E-state index in [1.165, 1.54) is 0 Å². The molecule has 1 amide bonds. The van der Waals surface area contributed by atoms with Crippen LogP contribution in [-0.2, 0) is 9.47 Å². The molecule has 2 unspecified atom stereocenters. The minimum atomic E-state index is -0.703. The first-order valence-electron chi connectivity index (χ1n) is 8.73. The molecule has 2 bridgehead atoms. The van der Waals surface area contributed by atoms with Gasteiger partial charge in [0.05, 0.1) is 12.1 Å². The third kappa shape index (κ3) is 4.31. The number of rotatable bonds is 2. The van der Waals surface area contributed by atoms with Gasteiger partial charge >= 0.3 is 12.1 Å². The molecule has 0 aromatic heterocycles. The second-order valence-corrected chi connectivity index (χ2v) is 8.00. The van der Waals surface area contributed by atoms with Gasteiger partial charge in [-0.05, 0) is 51.8 Å². The summed E-state index contributed by atoms with van der Waals surface area (Å²) >= 11 is 0. The van der Waals surface area contributed by atoms with Crippen molar-refractivity contribution in [2.75, 3.05) is 26.2 Å². The number of nitrogens with zero attached hydrogens (tertiary/aromatic N) is 1. The summed E-state index contributed by atoms with van der Waals surface area (Å²) < 4.78 is 11.4. The van der Waals surface area contributed by atoms with Gasteiger partial charge in [-0.3, -0.25) is 0 Å². The molecule has 3 rings (SSSR count). The summed E-state index contributed by atoms with van der Waals surface area (Å²) in [5.74, 6) is -0.104. The van der Waals surface area contributed by atoms with Crippen molar-refractivity contribution in [3.63, 3.8) is 0 Å². The molecule has 0 radical (unpaired) electrons. The predicted octanol–water partition coefficient (Wildman–Crippen LogP) is 2.44. The Kier molecular flexibility index (Phi) is 4.73. The van der Waals surface area contributed by atoms with E-state index in [1.54, 1.807) is 17.0 Å². The number of carbonyl (C=O) groups is 2. The molecule has 2 heterocycles. The van der Waals surface area contributed by atoms with Crippen LogP contribution in [0, 0.1) is 5.92 Å². The van der Waals surface area contributed by atoms with E-state index in [4.69, 9.17) is 9.47 Å². The zero-order valence-corrected chi connectivity index (χ0v) is 15.1. The molecule has 1 aromatic rings. The van der Waals surface area contributed by atoms with Crippen LogP contribution in [-0.4, -0.2) is 54.3 Å². The van der Waals surface area contributed by atoms with Crippen LogP contribution in [0.2, 0.25) is 0 Å². The van der Waals surface area contributed by atoms with Gasteiger partial charge in [0.2, 0.25) is 0 Å². The van der Waals surface area contributed by atoms with Gasteiger partial charge in [-0.15, -0.1) is 0 Å². The summed E-state index contributed by atoms with van der Waals surface area (Å²) in [7, 11) is 0. The van der Waals surface area contributed by atoms with Crippen molar-refractivity contribution in [3.8, 4) is 0 Å². The Bertz CT molecular complexity index is 641. The van der Waals surface area contributed by atoms with Crippen LogP contribution in [0.1, 0.15) is 37.6 Å². The van der Waals surface area contributed by atoms with E-state index in [-0.39, 0.29) is 18.0 Å². The van der Waals surface area contributed by atoms with Crippen LogP contribution in [0.3, 0.4) is 0 Å². The summed E-state index contributed by atoms with van der Waals surface area (Å²) in [6.45, 7) is 7.87. The van der Waals surface area contributed by atoms with E-state index < -0.39 is 11.2 Å². The Labute approximate surface area is 148 Å². The highest BCUT2D eigenvalue weighted by molar-refractivity contribution is 5.89. The zero-order valence-electron chi connectivity index (χ0n) is 15.1. The summed E-state index contributed by atoms with van der Waals surface area (Å²) in [5.41, 5.74) is -0.728. The molecule has 1 aromatic carbocycles. The maximum absolute atomic E-state index is 12.5. The lowest BCUT2D eigenvalue weighted by Crippen LogP contribution is -2.64. The molecule has 1 N–H and O–H groups in total. The van der Waals surface area contributed by atoms with Crippen LogP contribution in [0.5, 0.6) is 0 Å². The SMILES string of the molecule is CC(C)(C)OC(=O)N1CC2CNCC(OC(=O)c3ccccc3)(C2)C1. The largest absolute Gasteiger partial charge is 0.452 e. The fourth-order valence-electron chi connectivity index (χ4n) is 3.55. The average Bonchev–Trinajstić information content (AvgIpc) is 2.53. The molecule has 0 saturated carbocycles. The summed E-state index contributed by atoms with van der Waals surface area (Å²) in [5, 5.41) is 3.34. The van der Waals surface area contributed by atoms with Gasteiger partial charge in [-0.1, -0.05) is 18.2 Å². The van der Waals surface area contributed by atoms with Crippen LogP contribution < -0.4 is 5.32 Å². The van der Waals surface area contributed by atoms with Gasteiger partial charge in [-0.25, -0.2) is 9.59 Å². The Morgan fingerprint density at radius 1 is 1.24 bits per heavy atom. The molecule has 0 spiro atoms. The molecule has 2 aliphatic heterocycles. The number of nitrogens with one attached hydrogen (secondary N) is 1. The van der Waals surface area contributed by atoms with Gasteiger partial charge in [0, 0.05) is 13.1 Å². The van der Waals surface area contributed by atoms with E-state index in [2.05, 4.69) is 5.32 Å². The monoisotopic (exact) mass is 346 g/mol. The summed E-state index contributed by atoms with van der Waals surface area (Å²) in [6.07, 6.45) is 0.414. The molecule has 6 heteroatoms. The number of likely N-dealkylation sites (tertiary alicyclic amines) is 1. The summed E-state index contributed by atoms with van der Waals surface area (Å²) in [6, 6.07) is 8.95. The number of carbonyl (C=O) groups excluding carboxylic acids is 2. The van der Waals surface area contributed by atoms with Crippen molar-refractivity contribution in [1.82, 2.24) is 10.2 Å². The third-order valence-corrected chi connectivity index (χ3v) is 4.47. The van der Waals surface area contributed by atoms with Gasteiger partial charge < -0.3 is 19.7 Å². The number of hydrogen-bond acceptors (Lipinski definition) is 5. The Morgan fingerprint density at radius 2 is 1.96 bits per heavy atom. The highest BCUT2D eigenvalue weighted by Crippen LogP contribution is 2.33. The van der Waals surface area contributed by atoms with Gasteiger partial charge in [0.15, 0.2) is 0 Å². The molecule has 25 heavy (non-hydrogen) atoms. The second kappa shape index (κ2) is 6.67. The number of hydrogen-bond donors (Lipinski definition) is 1. The molecule has 136 valence electrons. The van der Waals surface area contributed by atoms with Crippen molar-refractivity contribution in [3.05, 3.63) is 35.9 Å². The quantitative estimate of drug-likeness (QED) is 0.833. The summed E-state index contributed by atoms with van der Waals surface area (Å²) in [4.78, 5) is 26.7. The number of fused-ring (bicyclic) bond motifs is 2. The van der Waals surface area contributed by atoms with Crippen molar-refractivity contribution in [2.24, 2.45) is 5.92 Å². The van der Waals surface area contributed by atoms with E-state index in [0.29, 0.717) is 25.2 Å². The average molecular weight is 346 g/mol. The standard InChI is InChI=1S/C19H26N2O4/c1-18(2,3)25-17(23)21-11-14-9-19(13-21,12-20-10-14)24-16(22)15-7-5-4-6-8-15/h4-8,14,20H,9-13H2,1-3H3. The molecule has 2 atom stereocenters. The van der Waals surface area contributed by atoms with Crippen molar-refractivity contribution < 1.29 is 19.1 Å². The predicted molar refractivity (Wildman–Crippen MR) is 93.4 cm³/mol. The molecule has 0 aliphatic carbocycles. The van der Waals surface area contributed by atoms with Gasteiger partial charge in [-0.2, -0.15) is 0 Å². The molecular formula is C19H26N2O4.